The highest BCUT2D eigenvalue weighted by Gasteiger charge is 2.45. The molecule has 2 aliphatic rings. The van der Waals surface area contributed by atoms with E-state index in [4.69, 9.17) is 0 Å². The summed E-state index contributed by atoms with van der Waals surface area (Å²) in [6, 6.07) is 10.7. The van der Waals surface area contributed by atoms with E-state index in [2.05, 4.69) is 29.4 Å². The molecule has 1 aliphatic heterocycles. The maximum absolute atomic E-state index is 12.8. The predicted octanol–water partition coefficient (Wildman–Crippen LogP) is 2.32. The Hall–Kier alpha value is -1.35. The molecule has 1 amide bonds. The highest BCUT2D eigenvalue weighted by atomic mass is 16.2. The Morgan fingerprint density at radius 1 is 1.20 bits per heavy atom. The van der Waals surface area contributed by atoms with Gasteiger partial charge in [-0.1, -0.05) is 36.8 Å². The number of hydrogen-bond donors (Lipinski definition) is 1. The fourth-order valence-electron chi connectivity index (χ4n) is 3.41. The van der Waals surface area contributed by atoms with Crippen molar-refractivity contribution < 1.29 is 4.79 Å². The summed E-state index contributed by atoms with van der Waals surface area (Å²) >= 11 is 0. The van der Waals surface area contributed by atoms with E-state index in [0.29, 0.717) is 6.04 Å². The summed E-state index contributed by atoms with van der Waals surface area (Å²) in [4.78, 5) is 15.1. The average Bonchev–Trinajstić information content (AvgIpc) is 2.41. The first-order valence-electron chi connectivity index (χ1n) is 7.76. The lowest BCUT2D eigenvalue weighted by Gasteiger charge is -2.42. The van der Waals surface area contributed by atoms with Crippen molar-refractivity contribution in [1.29, 1.82) is 0 Å². The van der Waals surface area contributed by atoms with Crippen LogP contribution < -0.4 is 5.32 Å². The average molecular weight is 272 g/mol. The molecule has 0 atom stereocenters. The van der Waals surface area contributed by atoms with Gasteiger partial charge in [0.1, 0.15) is 0 Å². The molecule has 1 aromatic carbocycles. The molecule has 1 aromatic rings. The molecular weight excluding hydrogens is 248 g/mol. The van der Waals surface area contributed by atoms with E-state index in [1.54, 1.807) is 0 Å². The second-order valence-corrected chi connectivity index (χ2v) is 6.35. The van der Waals surface area contributed by atoms with Crippen molar-refractivity contribution in [3.05, 3.63) is 35.9 Å². The van der Waals surface area contributed by atoms with Gasteiger partial charge in [0, 0.05) is 6.04 Å². The lowest BCUT2D eigenvalue weighted by atomic mass is 9.63. The number of hydrogen-bond acceptors (Lipinski definition) is 2. The highest BCUT2D eigenvalue weighted by Crippen LogP contribution is 2.44. The van der Waals surface area contributed by atoms with Gasteiger partial charge >= 0.3 is 0 Å². The molecule has 1 saturated heterocycles. The molecule has 20 heavy (non-hydrogen) atoms. The number of likely N-dealkylation sites (tertiary alicyclic amines) is 1. The largest absolute Gasteiger partial charge is 0.353 e. The molecule has 3 heteroatoms. The zero-order valence-corrected chi connectivity index (χ0v) is 12.3. The van der Waals surface area contributed by atoms with Gasteiger partial charge in [-0.05, 0) is 51.4 Å². The predicted molar refractivity (Wildman–Crippen MR) is 80.6 cm³/mol. The van der Waals surface area contributed by atoms with Crippen LogP contribution in [0.5, 0.6) is 0 Å². The van der Waals surface area contributed by atoms with E-state index in [9.17, 15) is 4.79 Å². The third-order valence-electron chi connectivity index (χ3n) is 5.02. The standard InChI is InChI=1S/C17H24N2O/c1-19-12-8-15(9-13-19)18-16(20)17(10-5-11-17)14-6-3-2-4-7-14/h2-4,6-7,15H,5,8-13H2,1H3,(H,18,20). The minimum Gasteiger partial charge on any atom is -0.353 e. The number of nitrogens with one attached hydrogen (secondary N) is 1. The van der Waals surface area contributed by atoms with Gasteiger partial charge in [-0.3, -0.25) is 4.79 Å². The molecule has 108 valence electrons. The fraction of sp³-hybridized carbons (Fsp3) is 0.588. The van der Waals surface area contributed by atoms with Crippen molar-refractivity contribution in [3.8, 4) is 0 Å². The van der Waals surface area contributed by atoms with Crippen LogP contribution in [0.2, 0.25) is 0 Å². The third-order valence-corrected chi connectivity index (χ3v) is 5.02. The Bertz CT molecular complexity index is 459. The van der Waals surface area contributed by atoms with E-state index in [1.165, 1.54) is 5.56 Å². The molecule has 0 unspecified atom stereocenters. The summed E-state index contributed by atoms with van der Waals surface area (Å²) in [6.45, 7) is 2.17. The van der Waals surface area contributed by atoms with Crippen LogP contribution in [-0.4, -0.2) is 37.0 Å². The van der Waals surface area contributed by atoms with Crippen LogP contribution in [-0.2, 0) is 10.2 Å². The molecule has 1 saturated carbocycles. The molecule has 0 radical (unpaired) electrons. The van der Waals surface area contributed by atoms with Crippen LogP contribution in [0.3, 0.4) is 0 Å². The molecule has 3 rings (SSSR count). The number of benzene rings is 1. The second-order valence-electron chi connectivity index (χ2n) is 6.35. The minimum absolute atomic E-state index is 0.245. The second kappa shape index (κ2) is 5.57. The van der Waals surface area contributed by atoms with E-state index in [-0.39, 0.29) is 11.3 Å². The first kappa shape index (κ1) is 13.6. The Balaban J connectivity index is 1.69. The number of carbonyl (C=O) groups excluding carboxylic acids is 1. The van der Waals surface area contributed by atoms with E-state index >= 15 is 0 Å². The third kappa shape index (κ3) is 2.47. The van der Waals surface area contributed by atoms with Crippen LogP contribution in [0.15, 0.2) is 30.3 Å². The van der Waals surface area contributed by atoms with Gasteiger partial charge in [0.15, 0.2) is 0 Å². The number of amides is 1. The van der Waals surface area contributed by atoms with Gasteiger partial charge in [-0.25, -0.2) is 0 Å². The molecule has 1 aliphatic carbocycles. The fourth-order valence-corrected chi connectivity index (χ4v) is 3.41. The van der Waals surface area contributed by atoms with Crippen molar-refractivity contribution >= 4 is 5.91 Å². The Morgan fingerprint density at radius 2 is 1.85 bits per heavy atom. The minimum atomic E-state index is -0.245. The summed E-state index contributed by atoms with van der Waals surface area (Å²) in [7, 11) is 2.15. The molecular formula is C17H24N2O. The lowest BCUT2D eigenvalue weighted by molar-refractivity contribution is -0.131. The van der Waals surface area contributed by atoms with E-state index < -0.39 is 0 Å². The van der Waals surface area contributed by atoms with Gasteiger partial charge in [0.25, 0.3) is 0 Å². The first-order chi connectivity index (χ1) is 9.71. The monoisotopic (exact) mass is 272 g/mol. The van der Waals surface area contributed by atoms with Gasteiger partial charge in [-0.2, -0.15) is 0 Å². The molecule has 0 aromatic heterocycles. The van der Waals surface area contributed by atoms with Crippen molar-refractivity contribution in [1.82, 2.24) is 10.2 Å². The summed E-state index contributed by atoms with van der Waals surface area (Å²) in [5.74, 6) is 0.254. The topological polar surface area (TPSA) is 32.3 Å². The van der Waals surface area contributed by atoms with Gasteiger partial charge in [0.2, 0.25) is 5.91 Å². The van der Waals surface area contributed by atoms with Gasteiger partial charge in [0.05, 0.1) is 5.41 Å². The van der Waals surface area contributed by atoms with Crippen molar-refractivity contribution in [2.75, 3.05) is 20.1 Å². The molecule has 0 bridgehead atoms. The number of carbonyl (C=O) groups is 1. The number of rotatable bonds is 3. The number of piperidine rings is 1. The summed E-state index contributed by atoms with van der Waals surface area (Å²) in [6.07, 6.45) is 5.31. The van der Waals surface area contributed by atoms with E-state index in [1.807, 2.05) is 18.2 Å². The van der Waals surface area contributed by atoms with Crippen molar-refractivity contribution in [3.63, 3.8) is 0 Å². The van der Waals surface area contributed by atoms with Crippen molar-refractivity contribution in [2.45, 2.75) is 43.6 Å². The van der Waals surface area contributed by atoms with Crippen molar-refractivity contribution in [2.24, 2.45) is 0 Å². The van der Waals surface area contributed by atoms with Crippen LogP contribution in [0, 0.1) is 0 Å². The summed E-state index contributed by atoms with van der Waals surface area (Å²) in [5, 5.41) is 3.32. The SMILES string of the molecule is CN1CCC(NC(=O)C2(c3ccccc3)CCC2)CC1. The Morgan fingerprint density at radius 3 is 2.40 bits per heavy atom. The molecule has 3 nitrogen and oxygen atoms in total. The summed E-state index contributed by atoms with van der Waals surface area (Å²) in [5.41, 5.74) is 0.946. The maximum Gasteiger partial charge on any atom is 0.230 e. The lowest BCUT2D eigenvalue weighted by Crippen LogP contribution is -2.53. The zero-order valence-electron chi connectivity index (χ0n) is 12.3. The summed E-state index contributed by atoms with van der Waals surface area (Å²) < 4.78 is 0. The zero-order chi connectivity index (χ0) is 14.0. The van der Waals surface area contributed by atoms with Crippen LogP contribution in [0.1, 0.15) is 37.7 Å². The normalized spacial score (nSPS) is 23.1. The molecule has 2 fully saturated rings. The first-order valence-corrected chi connectivity index (χ1v) is 7.76. The van der Waals surface area contributed by atoms with Gasteiger partial charge in [-0.15, -0.1) is 0 Å². The Kier molecular flexibility index (Phi) is 3.79. The van der Waals surface area contributed by atoms with Crippen LogP contribution in [0.4, 0.5) is 0 Å². The quantitative estimate of drug-likeness (QED) is 0.916. The molecule has 1 N–H and O–H groups in total. The smallest absolute Gasteiger partial charge is 0.230 e. The molecule has 1 heterocycles. The van der Waals surface area contributed by atoms with Crippen LogP contribution in [0.25, 0.3) is 0 Å². The highest BCUT2D eigenvalue weighted by molar-refractivity contribution is 5.89. The van der Waals surface area contributed by atoms with Crippen LogP contribution >= 0.6 is 0 Å². The molecule has 0 spiro atoms. The van der Waals surface area contributed by atoms with E-state index in [0.717, 1.165) is 45.2 Å². The Labute approximate surface area is 121 Å². The maximum atomic E-state index is 12.8. The van der Waals surface area contributed by atoms with Gasteiger partial charge < -0.3 is 10.2 Å². The number of nitrogens with zero attached hydrogens (tertiary/aromatic N) is 1.